The van der Waals surface area contributed by atoms with Crippen molar-refractivity contribution in [1.29, 1.82) is 0 Å². The van der Waals surface area contributed by atoms with E-state index in [9.17, 15) is 9.18 Å². The van der Waals surface area contributed by atoms with E-state index in [-0.39, 0.29) is 18.0 Å². The van der Waals surface area contributed by atoms with Crippen molar-refractivity contribution in [3.63, 3.8) is 0 Å². The van der Waals surface area contributed by atoms with Gasteiger partial charge in [-0.1, -0.05) is 18.2 Å². The highest BCUT2D eigenvalue weighted by atomic mass is 79.9. The number of carbonyl (C=O) groups is 1. The summed E-state index contributed by atoms with van der Waals surface area (Å²) in [6, 6.07) is 8.20. The van der Waals surface area contributed by atoms with Gasteiger partial charge in [0.25, 0.3) is 0 Å². The molecule has 0 saturated heterocycles. The van der Waals surface area contributed by atoms with Crippen molar-refractivity contribution in [1.82, 2.24) is 0 Å². The average Bonchev–Trinajstić information content (AvgIpc) is 2.63. The lowest BCUT2D eigenvalue weighted by Gasteiger charge is -2.00. The first-order valence-electron chi connectivity index (χ1n) is 5.10. The second-order valence-corrected chi connectivity index (χ2v) is 6.13. The number of rotatable bonds is 3. The quantitative estimate of drug-likeness (QED) is 0.768. The van der Waals surface area contributed by atoms with E-state index in [1.165, 1.54) is 17.4 Å². The van der Waals surface area contributed by atoms with Crippen LogP contribution < -0.4 is 0 Å². The summed E-state index contributed by atoms with van der Waals surface area (Å²) in [5.74, 6) is -0.373. The first kappa shape index (κ1) is 12.5. The highest BCUT2D eigenvalue weighted by Gasteiger charge is 2.13. The van der Waals surface area contributed by atoms with Crippen molar-refractivity contribution in [2.45, 2.75) is 13.3 Å². The lowest BCUT2D eigenvalue weighted by molar-refractivity contribution is 0.0995. The Morgan fingerprint density at radius 3 is 2.71 bits per heavy atom. The van der Waals surface area contributed by atoms with Crippen molar-refractivity contribution in [2.24, 2.45) is 0 Å². The van der Waals surface area contributed by atoms with Crippen LogP contribution in [-0.4, -0.2) is 5.78 Å². The van der Waals surface area contributed by atoms with Crippen molar-refractivity contribution in [2.75, 3.05) is 0 Å². The highest BCUT2D eigenvalue weighted by Crippen LogP contribution is 2.28. The lowest BCUT2D eigenvalue weighted by atomic mass is 10.1. The van der Waals surface area contributed by atoms with E-state index in [2.05, 4.69) is 15.9 Å². The third-order valence-corrected chi connectivity index (χ3v) is 4.62. The molecule has 0 unspecified atom stereocenters. The van der Waals surface area contributed by atoms with Gasteiger partial charge >= 0.3 is 0 Å². The Hall–Kier alpha value is -1.000. The van der Waals surface area contributed by atoms with Gasteiger partial charge in [0.2, 0.25) is 0 Å². The van der Waals surface area contributed by atoms with Crippen LogP contribution in [0.2, 0.25) is 0 Å². The Balaban J connectivity index is 2.20. The number of benzene rings is 1. The van der Waals surface area contributed by atoms with Crippen LogP contribution in [0.4, 0.5) is 4.39 Å². The van der Waals surface area contributed by atoms with Crippen molar-refractivity contribution in [3.8, 4) is 0 Å². The molecule has 1 aromatic heterocycles. The van der Waals surface area contributed by atoms with E-state index in [4.69, 9.17) is 0 Å². The molecule has 2 rings (SSSR count). The molecule has 0 aliphatic heterocycles. The van der Waals surface area contributed by atoms with Gasteiger partial charge in [-0.05, 0) is 46.1 Å². The molecule has 0 aliphatic carbocycles. The smallest absolute Gasteiger partial charge is 0.177 e. The summed E-state index contributed by atoms with van der Waals surface area (Å²) in [5.41, 5.74) is 1.48. The second-order valence-electron chi connectivity index (χ2n) is 3.76. The maximum Gasteiger partial charge on any atom is 0.177 e. The van der Waals surface area contributed by atoms with Crippen molar-refractivity contribution in [3.05, 3.63) is 55.9 Å². The van der Waals surface area contributed by atoms with Crippen LogP contribution in [0.5, 0.6) is 0 Å². The van der Waals surface area contributed by atoms with Gasteiger partial charge in [-0.2, -0.15) is 0 Å². The fraction of sp³-hybridized carbons (Fsp3) is 0.154. The molecule has 1 nitrogen and oxygen atoms in total. The Kier molecular flexibility index (Phi) is 3.74. The van der Waals surface area contributed by atoms with Crippen molar-refractivity contribution >= 4 is 33.0 Å². The molecule has 88 valence electrons. The van der Waals surface area contributed by atoms with Gasteiger partial charge in [0.15, 0.2) is 5.78 Å². The minimum atomic E-state index is -0.326. The fourth-order valence-electron chi connectivity index (χ4n) is 1.50. The van der Waals surface area contributed by atoms with Crippen LogP contribution in [-0.2, 0) is 6.42 Å². The van der Waals surface area contributed by atoms with E-state index in [0.29, 0.717) is 10.4 Å². The Labute approximate surface area is 111 Å². The zero-order valence-corrected chi connectivity index (χ0v) is 11.6. The van der Waals surface area contributed by atoms with E-state index < -0.39 is 0 Å². The van der Waals surface area contributed by atoms with Crippen LogP contribution in [0.15, 0.2) is 34.1 Å². The maximum absolute atomic E-state index is 13.4. The summed E-state index contributed by atoms with van der Waals surface area (Å²) in [5, 5.41) is 0. The van der Waals surface area contributed by atoms with Gasteiger partial charge in [0.1, 0.15) is 5.82 Å². The summed E-state index contributed by atoms with van der Waals surface area (Å²) in [7, 11) is 0. The number of hydrogen-bond donors (Lipinski definition) is 0. The third-order valence-electron chi connectivity index (χ3n) is 2.44. The Morgan fingerprint density at radius 2 is 2.12 bits per heavy atom. The van der Waals surface area contributed by atoms with Crippen LogP contribution in [0.25, 0.3) is 0 Å². The molecule has 4 heteroatoms. The van der Waals surface area contributed by atoms with Crippen molar-refractivity contribution < 1.29 is 9.18 Å². The number of halogens is 2. The molecule has 0 N–H and O–H groups in total. The lowest BCUT2D eigenvalue weighted by Crippen LogP contribution is -2.02. The molecular weight excluding hydrogens is 303 g/mol. The van der Waals surface area contributed by atoms with Gasteiger partial charge < -0.3 is 0 Å². The highest BCUT2D eigenvalue weighted by molar-refractivity contribution is 9.11. The Morgan fingerprint density at radius 1 is 1.41 bits per heavy atom. The molecule has 1 aromatic carbocycles. The van der Waals surface area contributed by atoms with Crippen LogP contribution in [0.3, 0.4) is 0 Å². The average molecular weight is 313 g/mol. The van der Waals surface area contributed by atoms with Gasteiger partial charge in [-0.3, -0.25) is 4.79 Å². The fourth-order valence-corrected chi connectivity index (χ4v) is 2.97. The minimum Gasteiger partial charge on any atom is -0.293 e. The molecule has 17 heavy (non-hydrogen) atoms. The van der Waals surface area contributed by atoms with E-state index >= 15 is 0 Å². The molecule has 0 bridgehead atoms. The Bertz CT molecular complexity index is 543. The number of hydrogen-bond acceptors (Lipinski definition) is 2. The molecule has 2 aromatic rings. The third kappa shape index (κ3) is 2.82. The molecule has 0 spiro atoms. The standard InChI is InChI=1S/C13H10BrFOS/c1-8-6-12(17-13(8)14)11(16)7-9-4-2-3-5-10(9)15/h2-6H,7H2,1H3. The first-order valence-corrected chi connectivity index (χ1v) is 6.71. The SMILES string of the molecule is Cc1cc(C(=O)Cc2ccccc2F)sc1Br. The van der Waals surface area contributed by atoms with E-state index in [1.807, 2.05) is 13.0 Å². The predicted octanol–water partition coefficient (Wildman–Crippen LogP) is 4.38. The maximum atomic E-state index is 13.4. The zero-order valence-electron chi connectivity index (χ0n) is 9.17. The van der Waals surface area contributed by atoms with Gasteiger partial charge in [0.05, 0.1) is 8.66 Å². The summed E-state index contributed by atoms with van der Waals surface area (Å²) in [4.78, 5) is 12.6. The number of aryl methyl sites for hydroxylation is 1. The number of carbonyl (C=O) groups excluding carboxylic acids is 1. The van der Waals surface area contributed by atoms with Gasteiger partial charge in [0, 0.05) is 6.42 Å². The summed E-state index contributed by atoms with van der Waals surface area (Å²) >= 11 is 4.77. The molecule has 0 fully saturated rings. The number of Topliss-reactive ketones (excluding diaryl/α,β-unsaturated/α-hetero) is 1. The van der Waals surface area contributed by atoms with E-state index in [1.54, 1.807) is 18.2 Å². The molecule has 0 radical (unpaired) electrons. The van der Waals surface area contributed by atoms with Gasteiger partial charge in [-0.15, -0.1) is 11.3 Å². The molecule has 0 aliphatic rings. The molecule has 0 saturated carbocycles. The largest absolute Gasteiger partial charge is 0.293 e. The second kappa shape index (κ2) is 5.10. The minimum absolute atomic E-state index is 0.0473. The first-order chi connectivity index (χ1) is 8.08. The van der Waals surface area contributed by atoms with Crippen LogP contribution >= 0.6 is 27.3 Å². The van der Waals surface area contributed by atoms with Crippen LogP contribution in [0, 0.1) is 12.7 Å². The molecule has 1 heterocycles. The van der Waals surface area contributed by atoms with E-state index in [0.717, 1.165) is 9.35 Å². The number of thiophene rings is 1. The summed E-state index contributed by atoms with van der Waals surface area (Å²) < 4.78 is 14.3. The zero-order chi connectivity index (χ0) is 12.4. The van der Waals surface area contributed by atoms with Gasteiger partial charge in [-0.25, -0.2) is 4.39 Å². The molecular formula is C13H10BrFOS. The summed E-state index contributed by atoms with van der Waals surface area (Å²) in [6.45, 7) is 1.93. The normalized spacial score (nSPS) is 10.5. The molecule has 0 atom stereocenters. The summed E-state index contributed by atoms with van der Waals surface area (Å²) in [6.07, 6.45) is 0.110. The monoisotopic (exact) mass is 312 g/mol. The topological polar surface area (TPSA) is 17.1 Å². The number of ketones is 1. The van der Waals surface area contributed by atoms with Crippen LogP contribution in [0.1, 0.15) is 20.8 Å². The predicted molar refractivity (Wildman–Crippen MR) is 71.2 cm³/mol. The molecule has 0 amide bonds.